The summed E-state index contributed by atoms with van der Waals surface area (Å²) >= 11 is -0.750. The summed E-state index contributed by atoms with van der Waals surface area (Å²) < 4.78 is 36.2. The molecule has 1 aromatic carbocycles. The molecule has 0 bridgehead atoms. The van der Waals surface area contributed by atoms with E-state index in [1.807, 2.05) is 26.8 Å². The number of amides is 2. The molecule has 10 nitrogen and oxygen atoms in total. The molecule has 2 aromatic rings. The number of hydrogen-bond acceptors (Lipinski definition) is 8. The van der Waals surface area contributed by atoms with E-state index in [-0.39, 0.29) is 37.4 Å². The van der Waals surface area contributed by atoms with Crippen LogP contribution in [0.3, 0.4) is 0 Å². The molecule has 4 rings (SSSR count). The van der Waals surface area contributed by atoms with E-state index in [4.69, 9.17) is 13.2 Å². The lowest BCUT2D eigenvalue weighted by molar-refractivity contribution is -0.119. The van der Waals surface area contributed by atoms with Gasteiger partial charge in [0.1, 0.15) is 23.8 Å². The van der Waals surface area contributed by atoms with Crippen LogP contribution in [0.15, 0.2) is 24.5 Å². The third-order valence-electron chi connectivity index (χ3n) is 5.81. The Hall–Kier alpha value is -3.41. The predicted octanol–water partition coefficient (Wildman–Crippen LogP) is 3.92. The monoisotopic (exact) mass is 521 g/mol. The number of ether oxygens (including phenoxy) is 1. The number of nitrogens with one attached hydrogen (secondary N) is 1. The second-order valence-electron chi connectivity index (χ2n) is 8.62. The quantitative estimate of drug-likeness (QED) is 0.643. The average Bonchev–Trinajstić information content (AvgIpc) is 2.81. The summed E-state index contributed by atoms with van der Waals surface area (Å²) in [4.78, 5) is 37.2. The van der Waals surface area contributed by atoms with Crippen molar-refractivity contribution in [3.8, 4) is 0 Å². The van der Waals surface area contributed by atoms with Crippen LogP contribution in [0.25, 0.3) is 0 Å². The van der Waals surface area contributed by atoms with Gasteiger partial charge in [0.05, 0.1) is 11.8 Å². The molecule has 2 amide bonds. The summed E-state index contributed by atoms with van der Waals surface area (Å²) in [6.45, 7) is 6.50. The van der Waals surface area contributed by atoms with E-state index in [0.717, 1.165) is 11.1 Å². The lowest BCUT2D eigenvalue weighted by Crippen LogP contribution is -2.51. The number of carbonyl (C=O) groups excluding carboxylic acids is 2. The summed E-state index contributed by atoms with van der Waals surface area (Å²) in [5, 5.41) is 3.07. The number of hydrogen-bond donors (Lipinski definition) is 1. The number of aromatic nitrogens is 2. The van der Waals surface area contributed by atoms with Crippen molar-refractivity contribution in [2.75, 3.05) is 23.3 Å². The molecule has 2 aliphatic heterocycles. The van der Waals surface area contributed by atoms with Gasteiger partial charge in [0.2, 0.25) is 5.91 Å². The maximum Gasteiger partial charge on any atom is 0.410 e. The number of fused-ring (bicyclic) bond motifs is 1. The van der Waals surface area contributed by atoms with Gasteiger partial charge in [-0.15, -0.1) is 0 Å². The molecule has 0 unspecified atom stereocenters. The first-order valence-corrected chi connectivity index (χ1v) is 12.0. The van der Waals surface area contributed by atoms with Gasteiger partial charge in [-0.3, -0.25) is 9.69 Å². The first kappa shape index (κ1) is 28.8. The number of aryl methyl sites for hydroxylation is 1. The largest absolute Gasteiger partial charge is 0.447 e. The Balaban J connectivity index is 0.00000109. The zero-order valence-corrected chi connectivity index (χ0v) is 20.6. The van der Waals surface area contributed by atoms with Crippen LogP contribution in [0.4, 0.5) is 26.5 Å². The third-order valence-corrected chi connectivity index (χ3v) is 5.81. The normalized spacial score (nSPS) is 15.3. The Kier molecular flexibility index (Phi) is 10.5. The maximum absolute atomic E-state index is 14.4. The van der Waals surface area contributed by atoms with Crippen molar-refractivity contribution in [3.63, 3.8) is 0 Å². The molecule has 0 aliphatic carbocycles. The van der Waals surface area contributed by atoms with Gasteiger partial charge < -0.3 is 15.0 Å². The number of anilines is 3. The molecule has 2 aliphatic rings. The van der Waals surface area contributed by atoms with Gasteiger partial charge >= 0.3 is 17.7 Å². The summed E-state index contributed by atoms with van der Waals surface area (Å²) in [6.07, 6.45) is 3.00. The summed E-state index contributed by atoms with van der Waals surface area (Å²) in [7, 11) is 0. The highest BCUT2D eigenvalue weighted by molar-refractivity contribution is 7.51. The molecule has 0 spiro atoms. The molecule has 196 valence electrons. The van der Waals surface area contributed by atoms with Crippen LogP contribution < -0.4 is 10.2 Å². The Labute approximate surface area is 213 Å². The molecule has 3 heterocycles. The number of piperidine rings is 1. The second kappa shape index (κ2) is 13.1. The summed E-state index contributed by atoms with van der Waals surface area (Å²) in [5.41, 5.74) is 1.96. The molecule has 1 N–H and O–H groups in total. The van der Waals surface area contributed by atoms with E-state index in [9.17, 15) is 14.0 Å². The van der Waals surface area contributed by atoms with E-state index >= 15 is 0 Å². The van der Waals surface area contributed by atoms with Gasteiger partial charge in [-0.2, -0.15) is 8.42 Å². The molecule has 36 heavy (non-hydrogen) atoms. The fraction of sp³-hybridized carbons (Fsp3) is 0.500. The van der Waals surface area contributed by atoms with E-state index in [0.29, 0.717) is 56.1 Å². The van der Waals surface area contributed by atoms with Gasteiger partial charge in [-0.1, -0.05) is 13.5 Å². The van der Waals surface area contributed by atoms with Crippen LogP contribution in [-0.2, 0) is 27.5 Å². The second-order valence-corrected chi connectivity index (χ2v) is 8.75. The fourth-order valence-corrected chi connectivity index (χ4v) is 4.23. The minimum absolute atomic E-state index is 0. The number of halogens is 1. The van der Waals surface area contributed by atoms with Gasteiger partial charge in [0, 0.05) is 31.1 Å². The number of carbonyl (C=O) groups is 2. The zero-order chi connectivity index (χ0) is 25.5. The summed E-state index contributed by atoms with van der Waals surface area (Å²) in [5.74, 6) is 0.719. The van der Waals surface area contributed by atoms with Crippen molar-refractivity contribution in [2.45, 2.75) is 66.0 Å². The first-order valence-electron chi connectivity index (χ1n) is 11.3. The topological polar surface area (TPSA) is 122 Å². The fourth-order valence-electron chi connectivity index (χ4n) is 4.23. The van der Waals surface area contributed by atoms with E-state index in [1.165, 1.54) is 12.4 Å². The zero-order valence-electron chi connectivity index (χ0n) is 19.8. The maximum atomic E-state index is 14.4. The van der Waals surface area contributed by atoms with E-state index < -0.39 is 11.6 Å². The number of rotatable bonds is 4. The molecule has 0 atom stereocenters. The lowest BCUT2D eigenvalue weighted by atomic mass is 9.98. The molecule has 1 fully saturated rings. The standard InChI is InChI=1S/C23H28FN5O3.CH4.O2S/c1-14(2)32-23(31)28-10-8-16(9-11-28)29-20(30)7-5-17-21(25-13-26-22(17)29)27-19-6-4-15(3)12-18(19)24;;1-3-2/h4,6,12-14,16H,5,7-11H2,1-3H3,(H,25,26,27);1H4;. The van der Waals surface area contributed by atoms with Gasteiger partial charge in [-0.05, 0) is 57.7 Å². The highest BCUT2D eigenvalue weighted by Gasteiger charge is 2.36. The minimum atomic E-state index is -0.750. The minimum Gasteiger partial charge on any atom is -0.447 e. The van der Waals surface area contributed by atoms with E-state index in [1.54, 1.807) is 15.9 Å². The van der Waals surface area contributed by atoms with Crippen LogP contribution in [0.2, 0.25) is 0 Å². The molecule has 12 heteroatoms. The van der Waals surface area contributed by atoms with Crippen molar-refractivity contribution in [1.29, 1.82) is 0 Å². The molecule has 1 aromatic heterocycles. The van der Waals surface area contributed by atoms with Crippen LogP contribution >= 0.6 is 0 Å². The average molecular weight is 522 g/mol. The van der Waals surface area contributed by atoms with Crippen LogP contribution in [0, 0.1) is 12.7 Å². The van der Waals surface area contributed by atoms with Gasteiger partial charge in [-0.25, -0.2) is 19.2 Å². The molecule has 0 saturated carbocycles. The van der Waals surface area contributed by atoms with Crippen LogP contribution in [-0.4, -0.2) is 60.5 Å². The van der Waals surface area contributed by atoms with Crippen molar-refractivity contribution in [1.82, 2.24) is 14.9 Å². The predicted molar refractivity (Wildman–Crippen MR) is 134 cm³/mol. The van der Waals surface area contributed by atoms with E-state index in [2.05, 4.69) is 15.3 Å². The first-order chi connectivity index (χ1) is 16.7. The SMILES string of the molecule is C.Cc1ccc(Nc2ncnc3c2CCC(=O)N3C2CCN(C(=O)OC(C)C)CC2)c(F)c1.O=S=O. The highest BCUT2D eigenvalue weighted by atomic mass is 32.1. The van der Waals surface area contributed by atoms with Crippen molar-refractivity contribution >= 4 is 40.9 Å². The van der Waals surface area contributed by atoms with Crippen LogP contribution in [0.1, 0.15) is 51.7 Å². The Morgan fingerprint density at radius 2 is 1.86 bits per heavy atom. The van der Waals surface area contributed by atoms with Crippen molar-refractivity contribution < 1.29 is 27.1 Å². The Bertz CT molecular complexity index is 1120. The Morgan fingerprint density at radius 3 is 2.47 bits per heavy atom. The third kappa shape index (κ3) is 6.84. The number of likely N-dealkylation sites (tertiary alicyclic amines) is 1. The number of benzene rings is 1. The highest BCUT2D eigenvalue weighted by Crippen LogP contribution is 2.35. The number of nitrogens with zero attached hydrogens (tertiary/aromatic N) is 4. The smallest absolute Gasteiger partial charge is 0.410 e. The molecule has 0 radical (unpaired) electrons. The van der Waals surface area contributed by atoms with Crippen LogP contribution in [0.5, 0.6) is 0 Å². The summed E-state index contributed by atoms with van der Waals surface area (Å²) in [6, 6.07) is 4.90. The molecular formula is C24H32FN5O5S. The van der Waals surface area contributed by atoms with Gasteiger partial charge in [0.25, 0.3) is 0 Å². The van der Waals surface area contributed by atoms with Crippen molar-refractivity contribution in [2.24, 2.45) is 0 Å². The molecular weight excluding hydrogens is 489 g/mol. The van der Waals surface area contributed by atoms with Crippen molar-refractivity contribution in [3.05, 3.63) is 41.5 Å². The Morgan fingerprint density at radius 1 is 1.19 bits per heavy atom. The van der Waals surface area contributed by atoms with Gasteiger partial charge in [0.15, 0.2) is 0 Å². The molecule has 1 saturated heterocycles. The lowest BCUT2D eigenvalue weighted by Gasteiger charge is -2.40.